The summed E-state index contributed by atoms with van der Waals surface area (Å²) in [5.74, 6) is -1.13. The first-order valence-corrected chi connectivity index (χ1v) is 4.76. The van der Waals surface area contributed by atoms with Gasteiger partial charge in [0.05, 0.1) is 5.97 Å². The van der Waals surface area contributed by atoms with E-state index in [4.69, 9.17) is 19.2 Å². The molecular formula is C7H6Na3O6P. The summed E-state index contributed by atoms with van der Waals surface area (Å²) in [6.07, 6.45) is 0. The Kier molecular flexibility index (Phi) is 22.7. The Balaban J connectivity index is -0.0000000567. The minimum atomic E-state index is -5.39. The first-order valence-electron chi connectivity index (χ1n) is 3.30. The number of carboxylic acid groups (broad SMARTS) is 1. The van der Waals surface area contributed by atoms with Crippen LogP contribution in [0.3, 0.4) is 0 Å². The van der Waals surface area contributed by atoms with Crippen LogP contribution in [0.15, 0.2) is 30.3 Å². The Morgan fingerprint density at radius 1 is 1.00 bits per heavy atom. The summed E-state index contributed by atoms with van der Waals surface area (Å²) < 4.78 is 8.55. The predicted molar refractivity (Wildman–Crippen MR) is 39.5 cm³/mol. The van der Waals surface area contributed by atoms with Gasteiger partial charge in [-0.3, -0.25) is 0 Å². The van der Waals surface area contributed by atoms with Gasteiger partial charge in [0.25, 0.3) is 0 Å². The summed E-state index contributed by atoms with van der Waals surface area (Å²) >= 11 is 0. The molecule has 1 aromatic carbocycles. The van der Waals surface area contributed by atoms with Gasteiger partial charge in [-0.05, 0) is 5.56 Å². The predicted octanol–water partition coefficient (Wildman–Crippen LogP) is -11.7. The standard InChI is InChI=1S/C7H6O2.3Na.H3O4P/c8-7(9)6-4-2-1-3-5-6;;;;1-5(2,3)4/h1-5H,(H,8,9);;;;(H3,1,2,3,4)/q;3*+1;/p-3. The molecule has 0 fully saturated rings. The van der Waals surface area contributed by atoms with Crippen LogP contribution >= 0.6 is 7.82 Å². The number of carboxylic acids is 1. The van der Waals surface area contributed by atoms with E-state index in [1.807, 2.05) is 0 Å². The van der Waals surface area contributed by atoms with Crippen molar-refractivity contribution in [1.29, 1.82) is 0 Å². The number of carbonyl (C=O) groups is 1. The molecule has 0 aliphatic rings. The molecule has 0 saturated heterocycles. The van der Waals surface area contributed by atoms with E-state index < -0.39 is 13.8 Å². The summed E-state index contributed by atoms with van der Waals surface area (Å²) in [4.78, 5) is 35.7. The minimum absolute atomic E-state index is 0. The molecule has 0 unspecified atom stereocenters. The van der Waals surface area contributed by atoms with Crippen LogP contribution in [0.1, 0.15) is 11.8 Å². The minimum Gasteiger partial charge on any atom is -0.822 e. The molecule has 0 atom stereocenters. The van der Waals surface area contributed by atoms with E-state index in [0.717, 1.165) is 0 Å². The van der Waals surface area contributed by atoms with Gasteiger partial charge in [-0.25, -0.2) is 0 Å². The van der Waals surface area contributed by atoms with E-state index in [-0.39, 0.29) is 95.7 Å². The molecule has 0 bridgehead atoms. The third kappa shape index (κ3) is 23.3. The van der Waals surface area contributed by atoms with Crippen molar-refractivity contribution in [3.63, 3.8) is 0 Å². The second-order valence-corrected chi connectivity index (χ2v) is 3.00. The molecule has 0 aromatic heterocycles. The maximum atomic E-state index is 10.1. The largest absolute Gasteiger partial charge is 1.00 e. The van der Waals surface area contributed by atoms with Gasteiger partial charge >= 0.3 is 90.1 Å². The van der Waals surface area contributed by atoms with Crippen molar-refractivity contribution in [2.24, 2.45) is 0 Å². The zero-order chi connectivity index (χ0) is 11.2. The van der Waals surface area contributed by atoms with Gasteiger partial charge in [0.15, 0.2) is 0 Å². The summed E-state index contributed by atoms with van der Waals surface area (Å²) in [6, 6.07) is 8.06. The van der Waals surface area contributed by atoms with Gasteiger partial charge in [-0.2, -0.15) is 7.82 Å². The Labute approximate surface area is 166 Å². The SMILES string of the molecule is O=C([O-])c1ccccc1.O=P([O-])([O-])[O-].[H+].[Na+].[Na+].[Na+]. The fourth-order valence-electron chi connectivity index (χ4n) is 0.574. The Morgan fingerprint density at radius 3 is 1.47 bits per heavy atom. The first kappa shape index (κ1) is 27.2. The van der Waals surface area contributed by atoms with Crippen LogP contribution in [0.2, 0.25) is 0 Å². The van der Waals surface area contributed by atoms with Gasteiger partial charge in [0.1, 0.15) is 0 Å². The Morgan fingerprint density at radius 2 is 1.29 bits per heavy atom. The number of phosphoric acid groups is 1. The van der Waals surface area contributed by atoms with Crippen LogP contribution in [0, 0.1) is 0 Å². The monoisotopic (exact) mass is 286 g/mol. The van der Waals surface area contributed by atoms with Gasteiger partial charge in [0.2, 0.25) is 0 Å². The molecule has 0 N–H and O–H groups in total. The molecule has 0 aliphatic heterocycles. The van der Waals surface area contributed by atoms with E-state index in [0.29, 0.717) is 0 Å². The number of rotatable bonds is 1. The zero-order valence-electron chi connectivity index (χ0n) is 10.8. The summed E-state index contributed by atoms with van der Waals surface area (Å²) in [7, 11) is -5.39. The summed E-state index contributed by atoms with van der Waals surface area (Å²) in [5, 5.41) is 10.1. The normalized spacial score (nSPS) is 8.18. The molecule has 78 valence electrons. The average molecular weight is 286 g/mol. The number of carbonyl (C=O) groups excluding carboxylic acids is 1. The van der Waals surface area contributed by atoms with E-state index >= 15 is 0 Å². The van der Waals surface area contributed by atoms with Crippen molar-refractivity contribution in [3.05, 3.63) is 35.9 Å². The number of benzene rings is 1. The van der Waals surface area contributed by atoms with Crippen LogP contribution < -0.4 is 108 Å². The molecular weight excluding hydrogens is 280 g/mol. The Bertz CT molecular complexity index is 338. The zero-order valence-corrected chi connectivity index (χ0v) is 16.7. The maximum absolute atomic E-state index is 10.1. The maximum Gasteiger partial charge on any atom is 1.00 e. The van der Waals surface area contributed by atoms with Crippen molar-refractivity contribution in [2.75, 3.05) is 0 Å². The fourth-order valence-corrected chi connectivity index (χ4v) is 0.574. The number of hydrogen-bond acceptors (Lipinski definition) is 6. The van der Waals surface area contributed by atoms with Crippen molar-refractivity contribution >= 4 is 13.8 Å². The second-order valence-electron chi connectivity index (χ2n) is 2.10. The molecule has 0 aliphatic carbocycles. The van der Waals surface area contributed by atoms with Gasteiger partial charge in [0, 0.05) is 0 Å². The number of hydrogen-bond donors (Lipinski definition) is 0. The topological polar surface area (TPSA) is 126 Å². The quantitative estimate of drug-likeness (QED) is 0.372. The van der Waals surface area contributed by atoms with Crippen molar-refractivity contribution in [3.8, 4) is 0 Å². The third-order valence-electron chi connectivity index (χ3n) is 1.01. The van der Waals surface area contributed by atoms with E-state index in [2.05, 4.69) is 0 Å². The van der Waals surface area contributed by atoms with E-state index in [1.54, 1.807) is 18.2 Å². The third-order valence-corrected chi connectivity index (χ3v) is 1.01. The van der Waals surface area contributed by atoms with Crippen LogP contribution in [0.4, 0.5) is 0 Å². The van der Waals surface area contributed by atoms with Gasteiger partial charge < -0.3 is 29.1 Å². The van der Waals surface area contributed by atoms with E-state index in [1.165, 1.54) is 12.1 Å². The molecule has 0 amide bonds. The van der Waals surface area contributed by atoms with Crippen LogP contribution in [0.25, 0.3) is 0 Å². The summed E-state index contributed by atoms with van der Waals surface area (Å²) in [5.41, 5.74) is 0.220. The van der Waals surface area contributed by atoms with Crippen LogP contribution in [-0.2, 0) is 4.57 Å². The Hall–Kier alpha value is 1.80. The van der Waals surface area contributed by atoms with Crippen molar-refractivity contribution < 1.29 is 119 Å². The van der Waals surface area contributed by atoms with Crippen molar-refractivity contribution in [2.45, 2.75) is 0 Å². The molecule has 0 saturated carbocycles. The second kappa shape index (κ2) is 14.2. The molecule has 0 radical (unpaired) electrons. The van der Waals surface area contributed by atoms with Crippen LogP contribution in [-0.4, -0.2) is 5.97 Å². The van der Waals surface area contributed by atoms with E-state index in [9.17, 15) is 9.90 Å². The molecule has 10 heteroatoms. The smallest absolute Gasteiger partial charge is 0.822 e. The van der Waals surface area contributed by atoms with Gasteiger partial charge in [-0.1, -0.05) is 30.3 Å². The van der Waals surface area contributed by atoms with Crippen LogP contribution in [0.5, 0.6) is 0 Å². The molecule has 17 heavy (non-hydrogen) atoms. The molecule has 6 nitrogen and oxygen atoms in total. The first-order chi connectivity index (χ1) is 6.30. The van der Waals surface area contributed by atoms with Gasteiger partial charge in [-0.15, -0.1) is 0 Å². The molecule has 1 rings (SSSR count). The molecule has 0 heterocycles. The summed E-state index contributed by atoms with van der Waals surface area (Å²) in [6.45, 7) is 0. The molecule has 0 spiro atoms. The fraction of sp³-hybridized carbons (Fsp3) is 0. The number of aromatic carboxylic acids is 1. The van der Waals surface area contributed by atoms with Crippen molar-refractivity contribution in [1.82, 2.24) is 0 Å². The average Bonchev–Trinajstić information content (AvgIpc) is 2.03. The molecule has 1 aromatic rings.